The van der Waals surface area contributed by atoms with E-state index in [1.807, 2.05) is 37.3 Å². The van der Waals surface area contributed by atoms with Crippen molar-refractivity contribution in [2.45, 2.75) is 31.4 Å². The summed E-state index contributed by atoms with van der Waals surface area (Å²) in [4.78, 5) is 18.0. The van der Waals surface area contributed by atoms with Crippen molar-refractivity contribution in [2.24, 2.45) is 0 Å². The largest absolute Gasteiger partial charge is 0.489 e. The molecule has 0 aliphatic carbocycles. The first-order valence-corrected chi connectivity index (χ1v) is 15.5. The number of nitrogens with one attached hydrogen (secondary N) is 1. The Morgan fingerprint density at radius 2 is 1.73 bits per heavy atom. The molecule has 2 aromatic carbocycles. The highest BCUT2D eigenvalue weighted by atomic mass is 32.2. The van der Waals surface area contributed by atoms with E-state index in [1.165, 1.54) is 23.4 Å². The van der Waals surface area contributed by atoms with Gasteiger partial charge in [-0.05, 0) is 50.2 Å². The lowest BCUT2D eigenvalue weighted by Gasteiger charge is -2.37. The smallest absolute Gasteiger partial charge is 0.322 e. The molecule has 214 valence electrons. The second kappa shape index (κ2) is 12.0. The monoisotopic (exact) mass is 588 g/mol. The summed E-state index contributed by atoms with van der Waals surface area (Å²) in [5.74, 6) is -0.731. The van der Waals surface area contributed by atoms with Crippen molar-refractivity contribution in [1.82, 2.24) is 18.9 Å². The van der Waals surface area contributed by atoms with Crippen LogP contribution in [0, 0.1) is 6.92 Å². The van der Waals surface area contributed by atoms with Gasteiger partial charge in [0.25, 0.3) is 0 Å². The number of aryl methyl sites for hydroxylation is 1. The Hall–Kier alpha value is -3.36. The van der Waals surface area contributed by atoms with Gasteiger partial charge in [-0.3, -0.25) is 14.7 Å². The quantitative estimate of drug-likeness (QED) is 0.345. The number of aromatic nitrogens is 1. The van der Waals surface area contributed by atoms with Crippen molar-refractivity contribution in [2.75, 3.05) is 32.7 Å². The number of pyridine rings is 1. The first kappa shape index (κ1) is 29.6. The molecule has 0 bridgehead atoms. The van der Waals surface area contributed by atoms with Crippen molar-refractivity contribution >= 4 is 36.9 Å². The summed E-state index contributed by atoms with van der Waals surface area (Å²) in [6, 6.07) is 14.4. The van der Waals surface area contributed by atoms with Gasteiger partial charge in [-0.1, -0.05) is 24.8 Å². The van der Waals surface area contributed by atoms with Gasteiger partial charge < -0.3 is 9.84 Å². The zero-order valence-electron chi connectivity index (χ0n) is 22.3. The average Bonchev–Trinajstić information content (AvgIpc) is 2.92. The number of para-hydroxylation sites is 1. The molecule has 0 radical (unpaired) electrons. The van der Waals surface area contributed by atoms with Crippen molar-refractivity contribution < 1.29 is 31.5 Å². The Labute approximate surface area is 234 Å². The van der Waals surface area contributed by atoms with Gasteiger partial charge in [0.2, 0.25) is 20.0 Å². The number of rotatable bonds is 11. The van der Waals surface area contributed by atoms with Crippen LogP contribution in [0.4, 0.5) is 0 Å². The fourth-order valence-electron chi connectivity index (χ4n) is 4.51. The topological polar surface area (TPSA) is 146 Å². The van der Waals surface area contributed by atoms with E-state index >= 15 is 0 Å². The molecule has 2 N–H and O–H groups in total. The van der Waals surface area contributed by atoms with E-state index in [1.54, 1.807) is 17.0 Å². The third kappa shape index (κ3) is 6.67. The number of aliphatic carboxylic acids is 1. The Kier molecular flexibility index (Phi) is 8.90. The van der Waals surface area contributed by atoms with Crippen LogP contribution in [0.15, 0.2) is 71.0 Å². The zero-order chi connectivity index (χ0) is 29.1. The highest BCUT2D eigenvalue weighted by molar-refractivity contribution is 7.93. The van der Waals surface area contributed by atoms with Crippen molar-refractivity contribution in [3.63, 3.8) is 0 Å². The molecule has 13 heteroatoms. The molecule has 0 amide bonds. The van der Waals surface area contributed by atoms with Crippen LogP contribution in [0.3, 0.4) is 0 Å². The highest BCUT2D eigenvalue weighted by Gasteiger charge is 2.34. The van der Waals surface area contributed by atoms with Gasteiger partial charge >= 0.3 is 5.97 Å². The van der Waals surface area contributed by atoms with E-state index in [2.05, 4.69) is 16.3 Å². The van der Waals surface area contributed by atoms with Gasteiger partial charge in [-0.25, -0.2) is 21.6 Å². The van der Waals surface area contributed by atoms with Crippen LogP contribution in [0.5, 0.6) is 5.75 Å². The first-order chi connectivity index (χ1) is 18.9. The van der Waals surface area contributed by atoms with Crippen LogP contribution in [0.25, 0.3) is 10.9 Å². The maximum Gasteiger partial charge on any atom is 0.322 e. The average molecular weight is 589 g/mol. The summed E-state index contributed by atoms with van der Waals surface area (Å²) in [7, 11) is -7.65. The van der Waals surface area contributed by atoms with Crippen molar-refractivity contribution in [3.05, 3.63) is 77.3 Å². The number of ether oxygens (including phenoxy) is 1. The Bertz CT molecular complexity index is 1620. The van der Waals surface area contributed by atoms with Crippen molar-refractivity contribution in [3.8, 4) is 5.75 Å². The van der Waals surface area contributed by atoms with Gasteiger partial charge in [0, 0.05) is 54.3 Å². The van der Waals surface area contributed by atoms with Crippen LogP contribution in [0.1, 0.15) is 18.2 Å². The Balaban J connectivity index is 1.37. The van der Waals surface area contributed by atoms with E-state index in [-0.39, 0.29) is 49.1 Å². The maximum absolute atomic E-state index is 12.9. The lowest BCUT2D eigenvalue weighted by atomic mass is 10.1. The van der Waals surface area contributed by atoms with Gasteiger partial charge in [-0.15, -0.1) is 0 Å². The molecule has 1 aromatic heterocycles. The predicted molar refractivity (Wildman–Crippen MR) is 151 cm³/mol. The Morgan fingerprint density at radius 3 is 2.35 bits per heavy atom. The van der Waals surface area contributed by atoms with Crippen LogP contribution in [-0.4, -0.2) is 80.9 Å². The zero-order valence-corrected chi connectivity index (χ0v) is 23.9. The van der Waals surface area contributed by atoms with E-state index < -0.39 is 32.1 Å². The van der Waals surface area contributed by atoms with Gasteiger partial charge in [0.05, 0.1) is 10.4 Å². The van der Waals surface area contributed by atoms with Gasteiger partial charge in [0.1, 0.15) is 18.4 Å². The van der Waals surface area contributed by atoms with Crippen molar-refractivity contribution in [1.29, 1.82) is 0 Å². The minimum absolute atomic E-state index is 0.0147. The number of benzene rings is 2. The fraction of sp³-hybridized carbons (Fsp3) is 0.333. The number of hydrogen-bond acceptors (Lipinski definition) is 8. The summed E-state index contributed by atoms with van der Waals surface area (Å²) < 4.78 is 59.9. The number of carbonyl (C=O) groups is 1. The number of sulfonamides is 2. The van der Waals surface area contributed by atoms with Crippen LogP contribution < -0.4 is 9.46 Å². The Morgan fingerprint density at radius 1 is 1.07 bits per heavy atom. The second-order valence-corrected chi connectivity index (χ2v) is 13.5. The number of piperazine rings is 1. The molecule has 1 atom stereocenters. The summed E-state index contributed by atoms with van der Waals surface area (Å²) in [6.07, 6.45) is 0. The molecule has 4 rings (SSSR count). The lowest BCUT2D eigenvalue weighted by molar-refractivity contribution is -0.143. The fourth-order valence-corrected chi connectivity index (χ4v) is 6.63. The first-order valence-electron chi connectivity index (χ1n) is 12.6. The van der Waals surface area contributed by atoms with Crippen LogP contribution in [0.2, 0.25) is 0 Å². The third-order valence-corrected chi connectivity index (χ3v) is 10.1. The standard InChI is InChI=1S/C27H32N4O7S2/c1-19(2)40(36,37)31-14-12-30(13-15-31)26(27(32)33)17-28-39(34,35)23-10-8-22(9-11-23)38-18-21-16-20(3)29-25-7-5-4-6-24(21)25/h4-11,16,26,28H,1,12-15,17-18H2,2-3H3,(H,32,33). The van der Waals surface area contributed by atoms with E-state index in [4.69, 9.17) is 4.74 Å². The molecule has 11 nitrogen and oxygen atoms in total. The molecule has 40 heavy (non-hydrogen) atoms. The molecule has 0 saturated carbocycles. The van der Waals surface area contributed by atoms with Crippen LogP contribution in [-0.2, 0) is 31.4 Å². The highest BCUT2D eigenvalue weighted by Crippen LogP contribution is 2.22. The number of nitrogens with zero attached hydrogens (tertiary/aromatic N) is 3. The second-order valence-electron chi connectivity index (χ2n) is 9.55. The molecule has 0 spiro atoms. The van der Waals surface area contributed by atoms with E-state index in [0.29, 0.717) is 5.75 Å². The molecule has 2 heterocycles. The van der Waals surface area contributed by atoms with E-state index in [9.17, 15) is 26.7 Å². The number of allylic oxidation sites excluding steroid dienone is 1. The summed E-state index contributed by atoms with van der Waals surface area (Å²) in [5.41, 5.74) is 2.69. The minimum Gasteiger partial charge on any atom is -0.489 e. The minimum atomic E-state index is -4.01. The molecular weight excluding hydrogens is 556 g/mol. The predicted octanol–water partition coefficient (Wildman–Crippen LogP) is 2.33. The van der Waals surface area contributed by atoms with Gasteiger partial charge in [0.15, 0.2) is 0 Å². The number of carboxylic acids is 1. The number of fused-ring (bicyclic) bond motifs is 1. The SMILES string of the molecule is C=C(C)S(=O)(=O)N1CCN(C(CNS(=O)(=O)c2ccc(OCc3cc(C)nc4ccccc34)cc2)C(=O)O)CC1. The number of hydrogen-bond donors (Lipinski definition) is 2. The molecule has 1 fully saturated rings. The molecular formula is C27H32N4O7S2. The molecule has 1 unspecified atom stereocenters. The maximum atomic E-state index is 12.9. The summed E-state index contributed by atoms with van der Waals surface area (Å²) in [6.45, 7) is 7.15. The van der Waals surface area contributed by atoms with Crippen LogP contribution >= 0.6 is 0 Å². The lowest BCUT2D eigenvalue weighted by Crippen LogP contribution is -2.56. The third-order valence-electron chi connectivity index (χ3n) is 6.70. The van der Waals surface area contributed by atoms with E-state index in [0.717, 1.165) is 22.2 Å². The number of carboxylic acid groups (broad SMARTS) is 1. The molecule has 1 aliphatic rings. The molecule has 3 aromatic rings. The summed E-state index contributed by atoms with van der Waals surface area (Å²) >= 11 is 0. The molecule has 1 aliphatic heterocycles. The molecule has 1 saturated heterocycles. The normalized spacial score (nSPS) is 16.1. The summed E-state index contributed by atoms with van der Waals surface area (Å²) in [5, 5.41) is 10.7. The van der Waals surface area contributed by atoms with Gasteiger partial charge in [-0.2, -0.15) is 4.31 Å².